The molecular formula is C13H13ClN2O5S. The van der Waals surface area contributed by atoms with Gasteiger partial charge in [-0.1, -0.05) is 12.7 Å². The Morgan fingerprint density at radius 1 is 1.50 bits per heavy atom. The third kappa shape index (κ3) is 2.89. The Balaban J connectivity index is 2.10. The van der Waals surface area contributed by atoms with Crippen LogP contribution >= 0.6 is 23.4 Å². The molecule has 2 atom stereocenters. The Labute approximate surface area is 135 Å². The Bertz CT molecular complexity index is 603. The van der Waals surface area contributed by atoms with E-state index in [1.165, 1.54) is 17.8 Å². The van der Waals surface area contributed by atoms with Gasteiger partial charge >= 0.3 is 5.97 Å². The molecule has 22 heavy (non-hydrogen) atoms. The topological polar surface area (TPSA) is 104 Å². The number of β-lactam (4-membered cyclic amide) rings is 1. The number of carbonyl (C=O) groups is 4. The fraction of sp³-hybridized carbons (Fsp3) is 0.385. The lowest BCUT2D eigenvalue weighted by Gasteiger charge is -2.49. The van der Waals surface area contributed by atoms with Crippen LogP contribution in [0.4, 0.5) is 0 Å². The number of carboxylic acid groups (broad SMARTS) is 1. The van der Waals surface area contributed by atoms with Crippen molar-refractivity contribution in [1.82, 2.24) is 10.2 Å². The second-order valence-corrected chi connectivity index (χ2v) is 6.06. The minimum absolute atomic E-state index is 0.105. The maximum atomic E-state index is 12.1. The standard InChI is InChI=1S/C13H13ClN2O5S/c1-2-6-5-22-12-9(15-8(18)3-7(17)4-14)11(19)16(12)10(6)13(20)21/h2,9,12H,1,3-5H2,(H,15,18)(H,20,21)/t9?,12-/m1/s1. The quantitative estimate of drug-likeness (QED) is 0.402. The molecule has 2 N–H and O–H groups in total. The van der Waals surface area contributed by atoms with Crippen molar-refractivity contribution < 1.29 is 24.3 Å². The number of rotatable bonds is 6. The number of nitrogens with zero attached hydrogens (tertiary/aromatic N) is 1. The number of thioether (sulfide) groups is 1. The van der Waals surface area contributed by atoms with Crippen molar-refractivity contribution in [1.29, 1.82) is 0 Å². The lowest BCUT2D eigenvalue weighted by atomic mass is 10.0. The van der Waals surface area contributed by atoms with E-state index in [1.54, 1.807) is 0 Å². The number of amides is 2. The van der Waals surface area contributed by atoms with Gasteiger partial charge in [-0.15, -0.1) is 23.4 Å². The van der Waals surface area contributed by atoms with Crippen LogP contribution < -0.4 is 5.32 Å². The van der Waals surface area contributed by atoms with Gasteiger partial charge in [0.1, 0.15) is 17.1 Å². The smallest absolute Gasteiger partial charge is 0.352 e. The average Bonchev–Trinajstić information content (AvgIpc) is 2.50. The number of carboxylic acids is 1. The van der Waals surface area contributed by atoms with Crippen molar-refractivity contribution in [3.05, 3.63) is 23.9 Å². The van der Waals surface area contributed by atoms with Crippen molar-refractivity contribution in [2.45, 2.75) is 17.8 Å². The molecule has 0 aromatic carbocycles. The van der Waals surface area contributed by atoms with Crippen molar-refractivity contribution in [3.63, 3.8) is 0 Å². The van der Waals surface area contributed by atoms with E-state index in [0.29, 0.717) is 11.3 Å². The molecule has 0 aromatic heterocycles. The molecule has 9 heteroatoms. The average molecular weight is 345 g/mol. The van der Waals surface area contributed by atoms with E-state index in [0.717, 1.165) is 4.90 Å². The van der Waals surface area contributed by atoms with E-state index in [2.05, 4.69) is 11.9 Å². The summed E-state index contributed by atoms with van der Waals surface area (Å²) in [6, 6.07) is -0.832. The normalized spacial score (nSPS) is 23.5. The number of carbonyl (C=O) groups excluding carboxylic acids is 3. The molecule has 0 aromatic rings. The van der Waals surface area contributed by atoms with Crippen LogP contribution in [-0.2, 0) is 19.2 Å². The highest BCUT2D eigenvalue weighted by molar-refractivity contribution is 8.00. The summed E-state index contributed by atoms with van der Waals surface area (Å²) in [5.41, 5.74) is 0.357. The number of aliphatic carboxylic acids is 1. The summed E-state index contributed by atoms with van der Waals surface area (Å²) in [5.74, 6) is -2.66. The van der Waals surface area contributed by atoms with Gasteiger partial charge in [0.2, 0.25) is 5.91 Å². The van der Waals surface area contributed by atoms with Crippen LogP contribution in [0.2, 0.25) is 0 Å². The molecule has 1 unspecified atom stereocenters. The Hall–Kier alpha value is -1.80. The van der Waals surface area contributed by atoms with Crippen LogP contribution in [-0.4, -0.2) is 56.6 Å². The zero-order valence-corrected chi connectivity index (χ0v) is 12.9. The lowest BCUT2D eigenvalue weighted by molar-refractivity contribution is -0.150. The molecule has 2 aliphatic rings. The van der Waals surface area contributed by atoms with E-state index < -0.39 is 41.4 Å². The van der Waals surface area contributed by atoms with Crippen molar-refractivity contribution in [2.24, 2.45) is 0 Å². The molecule has 0 bridgehead atoms. The predicted octanol–water partition coefficient (Wildman–Crippen LogP) is 0.109. The summed E-state index contributed by atoms with van der Waals surface area (Å²) in [5, 5.41) is 11.2. The number of nitrogens with one attached hydrogen (secondary N) is 1. The molecular weight excluding hydrogens is 332 g/mol. The molecule has 0 saturated carbocycles. The highest BCUT2D eigenvalue weighted by Crippen LogP contribution is 2.40. The van der Waals surface area contributed by atoms with E-state index in [1.807, 2.05) is 0 Å². The summed E-state index contributed by atoms with van der Waals surface area (Å²) in [7, 11) is 0. The van der Waals surface area contributed by atoms with Crippen LogP contribution in [0.15, 0.2) is 23.9 Å². The number of hydrogen-bond acceptors (Lipinski definition) is 5. The first-order valence-corrected chi connectivity index (χ1v) is 7.89. The molecule has 118 valence electrons. The van der Waals surface area contributed by atoms with Crippen LogP contribution in [0, 0.1) is 0 Å². The van der Waals surface area contributed by atoms with E-state index in [4.69, 9.17) is 11.6 Å². The molecule has 1 saturated heterocycles. The van der Waals surface area contributed by atoms with Crippen molar-refractivity contribution in [3.8, 4) is 0 Å². The first-order valence-electron chi connectivity index (χ1n) is 6.31. The Morgan fingerprint density at radius 2 is 2.18 bits per heavy atom. The molecule has 2 heterocycles. The molecule has 0 radical (unpaired) electrons. The minimum atomic E-state index is -1.21. The van der Waals surface area contributed by atoms with Crippen LogP contribution in [0.1, 0.15) is 6.42 Å². The van der Waals surface area contributed by atoms with Gasteiger partial charge in [0.05, 0.1) is 12.3 Å². The fourth-order valence-electron chi connectivity index (χ4n) is 2.25. The SMILES string of the molecule is C=CC1=C(C(=O)O)N2C(=O)C(NC(=O)CC(=O)CCl)[C@H]2SC1. The van der Waals surface area contributed by atoms with Gasteiger partial charge < -0.3 is 10.4 Å². The first kappa shape index (κ1) is 16.6. The van der Waals surface area contributed by atoms with E-state index in [9.17, 15) is 24.3 Å². The summed E-state index contributed by atoms with van der Waals surface area (Å²) >= 11 is 6.65. The largest absolute Gasteiger partial charge is 0.477 e. The second kappa shape index (κ2) is 6.53. The number of fused-ring (bicyclic) bond motifs is 1. The molecule has 2 rings (SSSR count). The summed E-state index contributed by atoms with van der Waals surface area (Å²) < 4.78 is 0. The molecule has 0 spiro atoms. The molecule has 2 aliphatic heterocycles. The highest BCUT2D eigenvalue weighted by Gasteiger charge is 2.53. The van der Waals surface area contributed by atoms with Crippen LogP contribution in [0.25, 0.3) is 0 Å². The maximum Gasteiger partial charge on any atom is 0.352 e. The maximum absolute atomic E-state index is 12.1. The van der Waals surface area contributed by atoms with Gasteiger partial charge in [0.15, 0.2) is 5.78 Å². The predicted molar refractivity (Wildman–Crippen MR) is 80.2 cm³/mol. The monoisotopic (exact) mass is 344 g/mol. The fourth-order valence-corrected chi connectivity index (χ4v) is 3.69. The van der Waals surface area contributed by atoms with Gasteiger partial charge in [-0.3, -0.25) is 19.3 Å². The van der Waals surface area contributed by atoms with Crippen molar-refractivity contribution >= 4 is 46.9 Å². The van der Waals surface area contributed by atoms with Crippen molar-refractivity contribution in [2.75, 3.05) is 11.6 Å². The third-order valence-corrected chi connectivity index (χ3v) is 4.87. The van der Waals surface area contributed by atoms with Gasteiger partial charge in [-0.2, -0.15) is 0 Å². The minimum Gasteiger partial charge on any atom is -0.477 e. The van der Waals surface area contributed by atoms with E-state index >= 15 is 0 Å². The number of hydrogen-bond donors (Lipinski definition) is 2. The molecule has 7 nitrogen and oxygen atoms in total. The van der Waals surface area contributed by atoms with Gasteiger partial charge in [-0.05, 0) is 5.57 Å². The number of allylic oxidation sites excluding steroid dienone is 1. The van der Waals surface area contributed by atoms with Gasteiger partial charge in [0.25, 0.3) is 5.91 Å². The number of halogens is 1. The molecule has 0 aliphatic carbocycles. The lowest BCUT2D eigenvalue weighted by Crippen LogP contribution is -2.70. The number of alkyl halides is 1. The van der Waals surface area contributed by atoms with Crippen LogP contribution in [0.5, 0.6) is 0 Å². The van der Waals surface area contributed by atoms with E-state index in [-0.39, 0.29) is 11.6 Å². The molecule has 2 amide bonds. The Morgan fingerprint density at radius 3 is 2.73 bits per heavy atom. The summed E-state index contributed by atoms with van der Waals surface area (Å²) in [6.45, 7) is 3.54. The highest BCUT2D eigenvalue weighted by atomic mass is 35.5. The number of Topliss-reactive ketones (excluding diaryl/α,β-unsaturated/α-hetero) is 1. The molecule has 1 fully saturated rings. The van der Waals surface area contributed by atoms with Gasteiger partial charge in [0, 0.05) is 5.75 Å². The number of ketones is 1. The Kier molecular flexibility index (Phi) is 4.92. The third-order valence-electron chi connectivity index (χ3n) is 3.27. The summed E-state index contributed by atoms with van der Waals surface area (Å²) in [4.78, 5) is 47.3. The van der Waals surface area contributed by atoms with Crippen LogP contribution in [0.3, 0.4) is 0 Å². The summed E-state index contributed by atoms with van der Waals surface area (Å²) in [6.07, 6.45) is 1.01. The van der Waals surface area contributed by atoms with Gasteiger partial charge in [-0.25, -0.2) is 4.79 Å². The second-order valence-electron chi connectivity index (χ2n) is 4.69. The first-order chi connectivity index (χ1) is 10.4. The zero-order valence-electron chi connectivity index (χ0n) is 11.4. The zero-order chi connectivity index (χ0) is 16.4.